The molecule has 1 atom stereocenters. The van der Waals surface area contributed by atoms with Crippen molar-refractivity contribution in [2.24, 2.45) is 0 Å². The van der Waals surface area contributed by atoms with Gasteiger partial charge >= 0.3 is 5.51 Å². The summed E-state index contributed by atoms with van der Waals surface area (Å²) in [6.45, 7) is 6.76. The molecule has 1 amide bonds. The van der Waals surface area contributed by atoms with E-state index in [2.05, 4.69) is 39.4 Å². The molecule has 2 aromatic carbocycles. The van der Waals surface area contributed by atoms with Gasteiger partial charge in [-0.3, -0.25) is 9.69 Å². The second kappa shape index (κ2) is 10.2. The first kappa shape index (κ1) is 22.5. The van der Waals surface area contributed by atoms with Crippen LogP contribution in [0.3, 0.4) is 0 Å². The maximum Gasteiger partial charge on any atom is 0.446 e. The zero-order chi connectivity index (χ0) is 21.6. The van der Waals surface area contributed by atoms with Crippen LogP contribution in [0.15, 0.2) is 59.5 Å². The number of benzene rings is 2. The van der Waals surface area contributed by atoms with E-state index in [4.69, 9.17) is 0 Å². The van der Waals surface area contributed by atoms with Crippen molar-refractivity contribution in [3.63, 3.8) is 0 Å². The third-order valence-electron chi connectivity index (χ3n) is 5.10. The molecular formula is C22H26F3N3OS. The predicted octanol–water partition coefficient (Wildman–Crippen LogP) is 4.63. The highest BCUT2D eigenvalue weighted by atomic mass is 32.2. The van der Waals surface area contributed by atoms with Crippen LogP contribution in [0.4, 0.5) is 18.9 Å². The molecule has 0 saturated carbocycles. The summed E-state index contributed by atoms with van der Waals surface area (Å²) in [5.74, 6) is -0.264. The second-order valence-electron chi connectivity index (χ2n) is 7.40. The Kier molecular flexibility index (Phi) is 7.66. The molecule has 0 unspecified atom stereocenters. The number of nitrogens with zero attached hydrogens (tertiary/aromatic N) is 2. The molecular weight excluding hydrogens is 411 g/mol. The number of carbonyl (C=O) groups is 1. The molecule has 1 aliphatic rings. The van der Waals surface area contributed by atoms with Crippen molar-refractivity contribution in [3.05, 3.63) is 60.2 Å². The van der Waals surface area contributed by atoms with Gasteiger partial charge in [-0.15, -0.1) is 0 Å². The topological polar surface area (TPSA) is 35.6 Å². The highest BCUT2D eigenvalue weighted by Gasteiger charge is 2.29. The van der Waals surface area contributed by atoms with E-state index in [1.807, 2.05) is 13.0 Å². The van der Waals surface area contributed by atoms with Gasteiger partial charge < -0.3 is 10.2 Å². The fourth-order valence-electron chi connectivity index (χ4n) is 3.43. The molecule has 4 nitrogen and oxygen atoms in total. The molecule has 8 heteroatoms. The lowest BCUT2D eigenvalue weighted by atomic mass is 10.1. The fraction of sp³-hybridized carbons (Fsp3) is 0.409. The largest absolute Gasteiger partial charge is 0.446 e. The third-order valence-corrected chi connectivity index (χ3v) is 5.84. The number of amides is 1. The third kappa shape index (κ3) is 6.95. The van der Waals surface area contributed by atoms with Gasteiger partial charge in [0.25, 0.3) is 5.91 Å². The Labute approximate surface area is 179 Å². The number of carbonyl (C=O) groups excluding carboxylic acids is 1. The van der Waals surface area contributed by atoms with E-state index in [0.29, 0.717) is 5.56 Å². The van der Waals surface area contributed by atoms with Crippen LogP contribution >= 0.6 is 11.8 Å². The highest BCUT2D eigenvalue weighted by molar-refractivity contribution is 8.00. The second-order valence-corrected chi connectivity index (χ2v) is 8.54. The average Bonchev–Trinajstić information content (AvgIpc) is 2.72. The lowest BCUT2D eigenvalue weighted by molar-refractivity contribution is -0.0328. The van der Waals surface area contributed by atoms with E-state index in [-0.39, 0.29) is 28.6 Å². The summed E-state index contributed by atoms with van der Waals surface area (Å²) in [6, 6.07) is 15.9. The molecule has 1 heterocycles. The summed E-state index contributed by atoms with van der Waals surface area (Å²) >= 11 is -0.183. The number of thioether (sulfide) groups is 1. The molecule has 3 rings (SSSR count). The van der Waals surface area contributed by atoms with Gasteiger partial charge in [-0.05, 0) is 61.5 Å². The van der Waals surface area contributed by atoms with E-state index in [1.54, 1.807) is 0 Å². The first-order valence-electron chi connectivity index (χ1n) is 9.99. The molecule has 1 N–H and O–H groups in total. The van der Waals surface area contributed by atoms with Crippen LogP contribution in [-0.2, 0) is 0 Å². The minimum Gasteiger partial charge on any atom is -0.369 e. The first-order chi connectivity index (χ1) is 14.3. The number of hydrogen-bond donors (Lipinski definition) is 1. The molecule has 0 bridgehead atoms. The SMILES string of the molecule is C[C@H](CCN1CCN(c2ccccc2)CC1)NC(=O)c1ccc(SC(F)(F)F)cc1. The van der Waals surface area contributed by atoms with Crippen LogP contribution in [-0.4, -0.2) is 55.1 Å². The number of anilines is 1. The number of rotatable bonds is 7. The van der Waals surface area contributed by atoms with Crippen LogP contribution in [0, 0.1) is 0 Å². The van der Waals surface area contributed by atoms with E-state index in [9.17, 15) is 18.0 Å². The summed E-state index contributed by atoms with van der Waals surface area (Å²) in [5, 5.41) is 2.93. The lowest BCUT2D eigenvalue weighted by Gasteiger charge is -2.36. The number of alkyl halides is 3. The summed E-state index contributed by atoms with van der Waals surface area (Å²) < 4.78 is 37.2. The van der Waals surface area contributed by atoms with Gasteiger partial charge in [-0.2, -0.15) is 13.2 Å². The smallest absolute Gasteiger partial charge is 0.369 e. The number of piperazine rings is 1. The zero-order valence-corrected chi connectivity index (χ0v) is 17.7. The monoisotopic (exact) mass is 437 g/mol. The molecule has 0 spiro atoms. The molecule has 0 radical (unpaired) electrons. The van der Waals surface area contributed by atoms with Crippen LogP contribution in [0.5, 0.6) is 0 Å². The van der Waals surface area contributed by atoms with Crippen LogP contribution in [0.25, 0.3) is 0 Å². The molecule has 162 valence electrons. The van der Waals surface area contributed by atoms with E-state index < -0.39 is 5.51 Å². The molecule has 0 aromatic heterocycles. The number of hydrogen-bond acceptors (Lipinski definition) is 4. The summed E-state index contributed by atoms with van der Waals surface area (Å²) in [6.07, 6.45) is 0.819. The Bertz CT molecular complexity index is 807. The van der Waals surface area contributed by atoms with Crippen molar-refractivity contribution >= 4 is 23.4 Å². The molecule has 1 saturated heterocycles. The number of nitrogens with one attached hydrogen (secondary N) is 1. The van der Waals surface area contributed by atoms with Gasteiger partial charge in [0.2, 0.25) is 0 Å². The van der Waals surface area contributed by atoms with Crippen molar-refractivity contribution in [3.8, 4) is 0 Å². The van der Waals surface area contributed by atoms with Crippen molar-refractivity contribution < 1.29 is 18.0 Å². The minimum atomic E-state index is -4.33. The molecule has 1 aliphatic heterocycles. The molecule has 1 fully saturated rings. The highest BCUT2D eigenvalue weighted by Crippen LogP contribution is 2.36. The quantitative estimate of drug-likeness (QED) is 0.641. The summed E-state index contributed by atoms with van der Waals surface area (Å²) in [4.78, 5) is 17.2. The van der Waals surface area contributed by atoms with Gasteiger partial charge in [0.1, 0.15) is 0 Å². The van der Waals surface area contributed by atoms with Crippen LogP contribution < -0.4 is 10.2 Å². The summed E-state index contributed by atoms with van der Waals surface area (Å²) in [5.41, 5.74) is -2.72. The van der Waals surface area contributed by atoms with Crippen molar-refractivity contribution in [2.45, 2.75) is 29.8 Å². The van der Waals surface area contributed by atoms with Crippen molar-refractivity contribution in [1.82, 2.24) is 10.2 Å². The van der Waals surface area contributed by atoms with Gasteiger partial charge in [-0.1, -0.05) is 18.2 Å². The summed E-state index contributed by atoms with van der Waals surface area (Å²) in [7, 11) is 0. The van der Waals surface area contributed by atoms with E-state index in [0.717, 1.165) is 39.1 Å². The fourth-order valence-corrected chi connectivity index (χ4v) is 3.97. The maximum atomic E-state index is 12.4. The van der Waals surface area contributed by atoms with Gasteiger partial charge in [0.15, 0.2) is 0 Å². The Morgan fingerprint density at radius 3 is 2.27 bits per heavy atom. The number of para-hydroxylation sites is 1. The predicted molar refractivity (Wildman–Crippen MR) is 115 cm³/mol. The van der Waals surface area contributed by atoms with Gasteiger partial charge in [0.05, 0.1) is 0 Å². The molecule has 0 aliphatic carbocycles. The standard InChI is InChI=1S/C22H26F3N3OS/c1-17(26-21(29)18-7-9-20(10-8-18)30-22(23,24)25)11-12-27-13-15-28(16-14-27)19-5-3-2-4-6-19/h2-10,17H,11-16H2,1H3,(H,26,29)/t17-/m1/s1. The first-order valence-corrected chi connectivity index (χ1v) is 10.8. The average molecular weight is 438 g/mol. The Balaban J connectivity index is 1.39. The Morgan fingerprint density at radius 1 is 1.03 bits per heavy atom. The van der Waals surface area contributed by atoms with Crippen molar-refractivity contribution in [2.75, 3.05) is 37.6 Å². The minimum absolute atomic E-state index is 0.0196. The van der Waals surface area contributed by atoms with Crippen LogP contribution in [0.1, 0.15) is 23.7 Å². The zero-order valence-electron chi connectivity index (χ0n) is 16.9. The maximum absolute atomic E-state index is 12.4. The molecule has 2 aromatic rings. The van der Waals surface area contributed by atoms with Gasteiger partial charge in [0, 0.05) is 54.9 Å². The van der Waals surface area contributed by atoms with Crippen LogP contribution in [0.2, 0.25) is 0 Å². The lowest BCUT2D eigenvalue weighted by Crippen LogP contribution is -2.47. The molecule has 30 heavy (non-hydrogen) atoms. The van der Waals surface area contributed by atoms with Crippen molar-refractivity contribution in [1.29, 1.82) is 0 Å². The van der Waals surface area contributed by atoms with E-state index in [1.165, 1.54) is 30.0 Å². The van der Waals surface area contributed by atoms with Gasteiger partial charge in [-0.25, -0.2) is 0 Å². The Hall–Kier alpha value is -2.19. The number of halogens is 3. The Morgan fingerprint density at radius 2 is 1.67 bits per heavy atom. The normalized spacial score (nSPS) is 16.3. The van der Waals surface area contributed by atoms with E-state index >= 15 is 0 Å².